The number of hydrogen-bond donors (Lipinski definition) is 1. The number of imidazole rings is 1. The monoisotopic (exact) mass is 202 g/mol. The molecular formula is C11H14N4. The summed E-state index contributed by atoms with van der Waals surface area (Å²) in [5, 5.41) is 4.58. The van der Waals surface area contributed by atoms with Crippen LogP contribution in [0.5, 0.6) is 0 Å². The fourth-order valence-electron chi connectivity index (χ4n) is 2.00. The summed E-state index contributed by atoms with van der Waals surface area (Å²) in [6, 6.07) is 4.08. The highest BCUT2D eigenvalue weighted by molar-refractivity contribution is 5.40. The van der Waals surface area contributed by atoms with Crippen molar-refractivity contribution in [2.75, 3.05) is 6.54 Å². The molecule has 2 N–H and O–H groups in total. The van der Waals surface area contributed by atoms with Crippen LogP contribution in [0.4, 0.5) is 0 Å². The summed E-state index contributed by atoms with van der Waals surface area (Å²) in [6.07, 6.45) is 4.27. The minimum absolute atomic E-state index is 0.159. The van der Waals surface area contributed by atoms with Gasteiger partial charge in [0.25, 0.3) is 0 Å². The third-order valence-corrected chi connectivity index (χ3v) is 3.23. The Morgan fingerprint density at radius 3 is 2.93 bits per heavy atom. The molecule has 78 valence electrons. The molecular weight excluding hydrogens is 188 g/mol. The maximum atomic E-state index is 5.79. The zero-order valence-corrected chi connectivity index (χ0v) is 8.77. The minimum Gasteiger partial charge on any atom is -0.330 e. The van der Waals surface area contributed by atoms with Gasteiger partial charge in [0.05, 0.1) is 17.6 Å². The number of nitrogens with zero attached hydrogens (tertiary/aromatic N) is 3. The van der Waals surface area contributed by atoms with Gasteiger partial charge >= 0.3 is 0 Å². The molecule has 2 aromatic rings. The van der Waals surface area contributed by atoms with Gasteiger partial charge in [-0.05, 0) is 31.9 Å². The molecule has 1 aliphatic carbocycles. The van der Waals surface area contributed by atoms with E-state index in [2.05, 4.69) is 16.1 Å². The quantitative estimate of drug-likeness (QED) is 0.791. The van der Waals surface area contributed by atoms with Crippen LogP contribution in [0, 0.1) is 6.92 Å². The topological polar surface area (TPSA) is 56.2 Å². The van der Waals surface area contributed by atoms with Crippen molar-refractivity contribution in [1.82, 2.24) is 14.6 Å². The summed E-state index contributed by atoms with van der Waals surface area (Å²) in [5.41, 5.74) is 8.95. The Kier molecular flexibility index (Phi) is 1.65. The summed E-state index contributed by atoms with van der Waals surface area (Å²) in [4.78, 5) is 4.35. The standard InChI is InChI=1S/C11H14N4/c1-8-6-15-10(13-8)3-2-9(14-15)11(7-12)4-5-11/h2-3,6H,4-5,7,12H2,1H3. The summed E-state index contributed by atoms with van der Waals surface area (Å²) < 4.78 is 1.85. The normalized spacial score (nSPS) is 18.3. The van der Waals surface area contributed by atoms with E-state index in [9.17, 15) is 0 Å². The molecule has 4 heteroatoms. The SMILES string of the molecule is Cc1cn2nc(C3(CN)CC3)ccc2n1. The number of nitrogens with two attached hydrogens (primary N) is 1. The number of aryl methyl sites for hydroxylation is 1. The van der Waals surface area contributed by atoms with Crippen molar-refractivity contribution in [3.05, 3.63) is 29.7 Å². The highest BCUT2D eigenvalue weighted by Crippen LogP contribution is 2.46. The highest BCUT2D eigenvalue weighted by Gasteiger charge is 2.44. The van der Waals surface area contributed by atoms with Gasteiger partial charge in [-0.3, -0.25) is 0 Å². The largest absolute Gasteiger partial charge is 0.330 e. The number of aromatic nitrogens is 3. The molecule has 0 amide bonds. The molecule has 2 aromatic heterocycles. The van der Waals surface area contributed by atoms with E-state index in [1.807, 2.05) is 23.7 Å². The van der Waals surface area contributed by atoms with Gasteiger partial charge < -0.3 is 5.73 Å². The first-order valence-corrected chi connectivity index (χ1v) is 5.27. The van der Waals surface area contributed by atoms with Crippen molar-refractivity contribution in [3.63, 3.8) is 0 Å². The van der Waals surface area contributed by atoms with Crippen molar-refractivity contribution >= 4 is 5.65 Å². The van der Waals surface area contributed by atoms with Crippen LogP contribution in [0.2, 0.25) is 0 Å². The van der Waals surface area contributed by atoms with E-state index in [1.54, 1.807) is 0 Å². The molecule has 3 rings (SSSR count). The van der Waals surface area contributed by atoms with Crippen LogP contribution in [0.25, 0.3) is 5.65 Å². The molecule has 0 unspecified atom stereocenters. The van der Waals surface area contributed by atoms with E-state index in [0.717, 1.165) is 29.9 Å². The molecule has 1 aliphatic rings. The van der Waals surface area contributed by atoms with Crippen molar-refractivity contribution in [3.8, 4) is 0 Å². The molecule has 0 atom stereocenters. The fraction of sp³-hybridized carbons (Fsp3) is 0.455. The molecule has 1 fully saturated rings. The lowest BCUT2D eigenvalue weighted by molar-refractivity contribution is 0.654. The van der Waals surface area contributed by atoms with Crippen LogP contribution in [0.3, 0.4) is 0 Å². The summed E-state index contributed by atoms with van der Waals surface area (Å²) in [6.45, 7) is 2.67. The molecule has 0 spiro atoms. The first-order chi connectivity index (χ1) is 7.23. The van der Waals surface area contributed by atoms with Crippen LogP contribution in [0.15, 0.2) is 18.3 Å². The molecule has 0 radical (unpaired) electrons. The average molecular weight is 202 g/mol. The molecule has 0 bridgehead atoms. The van der Waals surface area contributed by atoms with Gasteiger partial charge in [0, 0.05) is 12.0 Å². The number of rotatable bonds is 2. The van der Waals surface area contributed by atoms with Gasteiger partial charge in [-0.25, -0.2) is 9.50 Å². The molecule has 0 aliphatic heterocycles. The van der Waals surface area contributed by atoms with Crippen LogP contribution < -0.4 is 5.73 Å². The van der Waals surface area contributed by atoms with E-state index < -0.39 is 0 Å². The van der Waals surface area contributed by atoms with Gasteiger partial charge in [-0.2, -0.15) is 5.10 Å². The summed E-state index contributed by atoms with van der Waals surface area (Å²) >= 11 is 0. The lowest BCUT2D eigenvalue weighted by atomic mass is 10.0. The number of hydrogen-bond acceptors (Lipinski definition) is 3. The zero-order chi connectivity index (χ0) is 10.5. The van der Waals surface area contributed by atoms with Gasteiger partial charge in [0.1, 0.15) is 0 Å². The second kappa shape index (κ2) is 2.79. The van der Waals surface area contributed by atoms with Crippen molar-refractivity contribution in [1.29, 1.82) is 0 Å². The zero-order valence-electron chi connectivity index (χ0n) is 8.77. The van der Waals surface area contributed by atoms with Gasteiger partial charge in [0.2, 0.25) is 0 Å². The van der Waals surface area contributed by atoms with E-state index in [0.29, 0.717) is 6.54 Å². The van der Waals surface area contributed by atoms with E-state index in [-0.39, 0.29) is 5.41 Å². The fourth-order valence-corrected chi connectivity index (χ4v) is 2.00. The lowest BCUT2D eigenvalue weighted by Gasteiger charge is -2.10. The minimum atomic E-state index is 0.159. The van der Waals surface area contributed by atoms with Gasteiger partial charge in [-0.1, -0.05) is 0 Å². The van der Waals surface area contributed by atoms with E-state index in [4.69, 9.17) is 5.73 Å². The van der Waals surface area contributed by atoms with E-state index >= 15 is 0 Å². The second-order valence-electron chi connectivity index (χ2n) is 4.39. The van der Waals surface area contributed by atoms with Gasteiger partial charge in [0.15, 0.2) is 5.65 Å². The molecule has 2 heterocycles. The maximum Gasteiger partial charge on any atom is 0.153 e. The molecule has 4 nitrogen and oxygen atoms in total. The third-order valence-electron chi connectivity index (χ3n) is 3.23. The maximum absolute atomic E-state index is 5.79. The number of fused-ring (bicyclic) bond motifs is 1. The van der Waals surface area contributed by atoms with Gasteiger partial charge in [-0.15, -0.1) is 0 Å². The second-order valence-corrected chi connectivity index (χ2v) is 4.39. The van der Waals surface area contributed by atoms with Crippen LogP contribution in [-0.4, -0.2) is 21.1 Å². The molecule has 0 aromatic carbocycles. The Bertz CT molecular complexity index is 510. The van der Waals surface area contributed by atoms with Crippen molar-refractivity contribution < 1.29 is 0 Å². The summed E-state index contributed by atoms with van der Waals surface area (Å²) in [7, 11) is 0. The smallest absolute Gasteiger partial charge is 0.153 e. The Labute approximate surface area is 88.1 Å². The predicted molar refractivity (Wildman–Crippen MR) is 57.7 cm³/mol. The molecule has 0 saturated heterocycles. The highest BCUT2D eigenvalue weighted by atomic mass is 15.3. The Morgan fingerprint density at radius 2 is 2.27 bits per heavy atom. The Morgan fingerprint density at radius 1 is 1.47 bits per heavy atom. The Hall–Kier alpha value is -1.42. The predicted octanol–water partition coefficient (Wildman–Crippen LogP) is 1.03. The van der Waals surface area contributed by atoms with Crippen LogP contribution in [0.1, 0.15) is 24.2 Å². The summed E-state index contributed by atoms with van der Waals surface area (Å²) in [5.74, 6) is 0. The first-order valence-electron chi connectivity index (χ1n) is 5.27. The van der Waals surface area contributed by atoms with E-state index in [1.165, 1.54) is 0 Å². The van der Waals surface area contributed by atoms with Crippen molar-refractivity contribution in [2.24, 2.45) is 5.73 Å². The Balaban J connectivity index is 2.13. The third kappa shape index (κ3) is 1.25. The van der Waals surface area contributed by atoms with Crippen LogP contribution in [-0.2, 0) is 5.41 Å². The van der Waals surface area contributed by atoms with Crippen LogP contribution >= 0.6 is 0 Å². The van der Waals surface area contributed by atoms with Crippen molar-refractivity contribution in [2.45, 2.75) is 25.2 Å². The molecule has 15 heavy (non-hydrogen) atoms. The molecule has 1 saturated carbocycles. The lowest BCUT2D eigenvalue weighted by Crippen LogP contribution is -2.21. The first kappa shape index (κ1) is 8.85. The average Bonchev–Trinajstić information content (AvgIpc) is 2.94.